The van der Waals surface area contributed by atoms with E-state index in [1.807, 2.05) is 28.8 Å². The van der Waals surface area contributed by atoms with Crippen LogP contribution in [0, 0.1) is 6.92 Å². The Hall–Kier alpha value is -3.64. The van der Waals surface area contributed by atoms with E-state index in [1.165, 1.54) is 11.8 Å². The normalized spacial score (nSPS) is 10.6. The number of nitrogens with zero attached hydrogens (tertiary/aromatic N) is 3. The van der Waals surface area contributed by atoms with Crippen molar-refractivity contribution in [3.05, 3.63) is 52.9 Å². The zero-order chi connectivity index (χ0) is 26.9. The topological polar surface area (TPSA) is 122 Å². The zero-order valence-electron chi connectivity index (χ0n) is 21.0. The summed E-state index contributed by atoms with van der Waals surface area (Å²) >= 11 is 2.17. The standard InChI is InChI=1S/C25H28N4O6S2/c1-6-13-29-21(16-9-11-17(33-5)12-10-16)27-28-25(29)36-14-18(30)26-22-19(23(31)34-7-2)15(4)20(37-22)24(32)35-8-3/h6,9-12H,1,7-8,13-14H2,2-5H3,(H,26,30). The number of ether oxygens (including phenoxy) is 3. The molecule has 2 heterocycles. The third-order valence-corrected chi connectivity index (χ3v) is 7.20. The molecular weight excluding hydrogens is 516 g/mol. The fourth-order valence-electron chi connectivity index (χ4n) is 3.38. The van der Waals surface area contributed by atoms with Gasteiger partial charge < -0.3 is 19.5 Å². The van der Waals surface area contributed by atoms with Crippen LogP contribution in [0.3, 0.4) is 0 Å². The number of amides is 1. The van der Waals surface area contributed by atoms with Crippen molar-refractivity contribution >= 4 is 45.9 Å². The van der Waals surface area contributed by atoms with Gasteiger partial charge in [0.25, 0.3) is 0 Å². The van der Waals surface area contributed by atoms with E-state index in [2.05, 4.69) is 22.1 Å². The molecule has 0 saturated carbocycles. The molecule has 0 aliphatic rings. The average molecular weight is 545 g/mol. The second kappa shape index (κ2) is 13.1. The molecule has 10 nitrogen and oxygen atoms in total. The van der Waals surface area contributed by atoms with Crippen molar-refractivity contribution in [3.8, 4) is 17.1 Å². The molecule has 12 heteroatoms. The maximum atomic E-state index is 12.9. The van der Waals surface area contributed by atoms with Crippen LogP contribution in [0.2, 0.25) is 0 Å². The van der Waals surface area contributed by atoms with Crippen molar-refractivity contribution in [1.82, 2.24) is 14.8 Å². The van der Waals surface area contributed by atoms with Crippen molar-refractivity contribution in [2.75, 3.05) is 31.4 Å². The maximum absolute atomic E-state index is 12.9. The lowest BCUT2D eigenvalue weighted by atomic mass is 10.1. The molecule has 0 spiro atoms. The first kappa shape index (κ1) is 27.9. The number of hydrogen-bond acceptors (Lipinski definition) is 10. The number of nitrogens with one attached hydrogen (secondary N) is 1. The van der Waals surface area contributed by atoms with E-state index in [0.717, 1.165) is 22.6 Å². The van der Waals surface area contributed by atoms with Crippen LogP contribution < -0.4 is 10.1 Å². The van der Waals surface area contributed by atoms with Crippen LogP contribution in [0.1, 0.15) is 39.4 Å². The first-order chi connectivity index (χ1) is 17.8. The summed E-state index contributed by atoms with van der Waals surface area (Å²) in [5, 5.41) is 12.0. The molecule has 0 aliphatic heterocycles. The van der Waals surface area contributed by atoms with Gasteiger partial charge in [-0.2, -0.15) is 0 Å². The summed E-state index contributed by atoms with van der Waals surface area (Å²) in [6.07, 6.45) is 1.72. The van der Waals surface area contributed by atoms with Crippen molar-refractivity contribution < 1.29 is 28.6 Å². The van der Waals surface area contributed by atoms with Gasteiger partial charge in [0.2, 0.25) is 5.91 Å². The van der Waals surface area contributed by atoms with Gasteiger partial charge in [-0.25, -0.2) is 9.59 Å². The largest absolute Gasteiger partial charge is 0.497 e. The minimum atomic E-state index is -0.621. The van der Waals surface area contributed by atoms with E-state index >= 15 is 0 Å². The second-order valence-corrected chi connectivity index (χ2v) is 9.44. The molecule has 0 radical (unpaired) electrons. The number of thioether (sulfide) groups is 1. The van der Waals surface area contributed by atoms with Crippen LogP contribution in [-0.2, 0) is 20.8 Å². The monoisotopic (exact) mass is 544 g/mol. The molecule has 196 valence electrons. The van der Waals surface area contributed by atoms with Crippen molar-refractivity contribution in [2.24, 2.45) is 0 Å². The van der Waals surface area contributed by atoms with Crippen LogP contribution in [0.4, 0.5) is 5.00 Å². The van der Waals surface area contributed by atoms with E-state index in [9.17, 15) is 14.4 Å². The van der Waals surface area contributed by atoms with Crippen molar-refractivity contribution in [3.63, 3.8) is 0 Å². The molecule has 0 fully saturated rings. The number of aromatic nitrogens is 3. The molecule has 37 heavy (non-hydrogen) atoms. The molecule has 3 rings (SSSR count). The summed E-state index contributed by atoms with van der Waals surface area (Å²) in [5.74, 6) is -0.221. The van der Waals surface area contributed by atoms with Gasteiger partial charge in [0.1, 0.15) is 15.6 Å². The SMILES string of the molecule is C=CCn1c(SCC(=O)Nc2sc(C(=O)OCC)c(C)c2C(=O)OCC)nnc1-c1ccc(OC)cc1. The predicted molar refractivity (Wildman–Crippen MR) is 143 cm³/mol. The maximum Gasteiger partial charge on any atom is 0.348 e. The third kappa shape index (κ3) is 6.57. The number of esters is 2. The molecule has 0 bridgehead atoms. The highest BCUT2D eigenvalue weighted by Gasteiger charge is 2.27. The van der Waals surface area contributed by atoms with Gasteiger partial charge >= 0.3 is 11.9 Å². The summed E-state index contributed by atoms with van der Waals surface area (Å²) < 4.78 is 17.3. The minimum absolute atomic E-state index is 0.00809. The van der Waals surface area contributed by atoms with Gasteiger partial charge in [0.05, 0.1) is 31.6 Å². The van der Waals surface area contributed by atoms with Gasteiger partial charge in [0.15, 0.2) is 11.0 Å². The van der Waals surface area contributed by atoms with Gasteiger partial charge in [-0.15, -0.1) is 28.1 Å². The number of benzene rings is 1. The number of carbonyl (C=O) groups excluding carboxylic acids is 3. The van der Waals surface area contributed by atoms with Crippen LogP contribution in [-0.4, -0.2) is 58.7 Å². The van der Waals surface area contributed by atoms with E-state index in [0.29, 0.717) is 23.1 Å². The molecule has 0 aliphatic carbocycles. The van der Waals surface area contributed by atoms with Gasteiger partial charge in [0, 0.05) is 12.1 Å². The Kier molecular flexibility index (Phi) is 9.86. The van der Waals surface area contributed by atoms with E-state index < -0.39 is 11.9 Å². The third-order valence-electron chi connectivity index (χ3n) is 5.05. The summed E-state index contributed by atoms with van der Waals surface area (Å²) in [4.78, 5) is 38.0. The van der Waals surface area contributed by atoms with Crippen LogP contribution in [0.15, 0.2) is 42.1 Å². The zero-order valence-corrected chi connectivity index (χ0v) is 22.7. The highest BCUT2D eigenvalue weighted by Crippen LogP contribution is 2.35. The average Bonchev–Trinajstić information content (AvgIpc) is 3.43. The highest BCUT2D eigenvalue weighted by atomic mass is 32.2. The fourth-order valence-corrected chi connectivity index (χ4v) is 5.23. The molecule has 1 aromatic carbocycles. The molecule has 0 saturated heterocycles. The van der Waals surface area contributed by atoms with E-state index in [1.54, 1.807) is 34.0 Å². The number of methoxy groups -OCH3 is 1. The number of allylic oxidation sites excluding steroid dienone is 1. The molecular formula is C25H28N4O6S2. The Morgan fingerprint density at radius 3 is 2.41 bits per heavy atom. The first-order valence-corrected chi connectivity index (χ1v) is 13.2. The Bertz CT molecular complexity index is 1280. The van der Waals surface area contributed by atoms with Gasteiger partial charge in [-0.1, -0.05) is 17.8 Å². The smallest absolute Gasteiger partial charge is 0.348 e. The number of anilines is 1. The van der Waals surface area contributed by atoms with Crippen LogP contribution >= 0.6 is 23.1 Å². The van der Waals surface area contributed by atoms with Crippen molar-refractivity contribution in [2.45, 2.75) is 32.5 Å². The Morgan fingerprint density at radius 2 is 1.78 bits per heavy atom. The minimum Gasteiger partial charge on any atom is -0.497 e. The second-order valence-electron chi connectivity index (χ2n) is 7.47. The number of rotatable bonds is 12. The predicted octanol–water partition coefficient (Wildman–Crippen LogP) is 4.59. The summed E-state index contributed by atoms with van der Waals surface area (Å²) in [6, 6.07) is 7.41. The number of thiophene rings is 1. The van der Waals surface area contributed by atoms with Gasteiger partial charge in [-0.3, -0.25) is 9.36 Å². The molecule has 2 aromatic heterocycles. The lowest BCUT2D eigenvalue weighted by Gasteiger charge is -2.09. The van der Waals surface area contributed by atoms with E-state index in [-0.39, 0.29) is 40.3 Å². The summed E-state index contributed by atoms with van der Waals surface area (Å²) in [6.45, 7) is 9.59. The van der Waals surface area contributed by atoms with Crippen LogP contribution in [0.5, 0.6) is 5.75 Å². The Labute approximate surface area is 223 Å². The summed E-state index contributed by atoms with van der Waals surface area (Å²) in [5.41, 5.74) is 1.38. The fraction of sp³-hybridized carbons (Fsp3) is 0.320. The lowest BCUT2D eigenvalue weighted by Crippen LogP contribution is -2.17. The Balaban J connectivity index is 1.79. The first-order valence-electron chi connectivity index (χ1n) is 11.4. The number of hydrogen-bond donors (Lipinski definition) is 1. The molecule has 0 atom stereocenters. The summed E-state index contributed by atoms with van der Waals surface area (Å²) in [7, 11) is 1.60. The highest BCUT2D eigenvalue weighted by molar-refractivity contribution is 7.99. The molecule has 3 aromatic rings. The lowest BCUT2D eigenvalue weighted by molar-refractivity contribution is -0.113. The van der Waals surface area contributed by atoms with Crippen molar-refractivity contribution in [1.29, 1.82) is 0 Å². The van der Waals surface area contributed by atoms with E-state index in [4.69, 9.17) is 14.2 Å². The molecule has 1 N–H and O–H groups in total. The quantitative estimate of drug-likeness (QED) is 0.198. The Morgan fingerprint density at radius 1 is 1.11 bits per heavy atom. The molecule has 0 unspecified atom stereocenters. The molecule has 1 amide bonds. The van der Waals surface area contributed by atoms with Crippen LogP contribution in [0.25, 0.3) is 11.4 Å². The van der Waals surface area contributed by atoms with Gasteiger partial charge in [-0.05, 0) is 50.6 Å². The number of carbonyl (C=O) groups is 3.